The molecule has 2 amide bonds. The predicted octanol–water partition coefficient (Wildman–Crippen LogP) is 5.93. The second-order valence-corrected chi connectivity index (χ2v) is 10.7. The highest BCUT2D eigenvalue weighted by Crippen LogP contribution is 2.34. The zero-order valence-electron chi connectivity index (χ0n) is 22.3. The number of allylic oxidation sites excluding steroid dienone is 1. The fourth-order valence-electron chi connectivity index (χ4n) is 4.37. The van der Waals surface area contributed by atoms with Gasteiger partial charge in [-0.3, -0.25) is 9.59 Å². The van der Waals surface area contributed by atoms with Gasteiger partial charge in [0.25, 0.3) is 21.8 Å². The Hall–Kier alpha value is -4.75. The molecular formula is C33H30N2O4S. The number of benzene rings is 4. The Morgan fingerprint density at radius 2 is 1.23 bits per heavy atom. The highest BCUT2D eigenvalue weighted by molar-refractivity contribution is 7.90. The third-order valence-corrected chi connectivity index (χ3v) is 7.72. The van der Waals surface area contributed by atoms with E-state index in [-0.39, 0.29) is 10.8 Å². The first kappa shape index (κ1) is 28.3. The second-order valence-electron chi connectivity index (χ2n) is 8.97. The van der Waals surface area contributed by atoms with Gasteiger partial charge in [-0.15, -0.1) is 0 Å². The Kier molecular flexibility index (Phi) is 9.09. The third-order valence-electron chi connectivity index (χ3n) is 6.36. The number of sulfonamides is 1. The van der Waals surface area contributed by atoms with Crippen LogP contribution < -0.4 is 10.0 Å². The molecule has 0 fully saturated rings. The molecule has 0 bridgehead atoms. The number of hydrogen-bond donors (Lipinski definition) is 2. The summed E-state index contributed by atoms with van der Waals surface area (Å²) >= 11 is 0. The molecule has 40 heavy (non-hydrogen) atoms. The Balaban J connectivity index is 1.54. The molecule has 2 N–H and O–H groups in total. The van der Waals surface area contributed by atoms with Gasteiger partial charge in [-0.1, -0.05) is 91.9 Å². The van der Waals surface area contributed by atoms with Gasteiger partial charge < -0.3 is 5.32 Å². The van der Waals surface area contributed by atoms with Crippen molar-refractivity contribution >= 4 is 39.1 Å². The fourth-order valence-corrected chi connectivity index (χ4v) is 5.32. The molecule has 4 rings (SSSR count). The van der Waals surface area contributed by atoms with Gasteiger partial charge in [-0.25, -0.2) is 13.1 Å². The van der Waals surface area contributed by atoms with Crippen LogP contribution in [-0.4, -0.2) is 27.3 Å². The minimum atomic E-state index is -4.09. The van der Waals surface area contributed by atoms with Crippen LogP contribution in [0.2, 0.25) is 0 Å². The normalized spacial score (nSPS) is 12.1. The first-order valence-corrected chi connectivity index (χ1v) is 14.3. The summed E-state index contributed by atoms with van der Waals surface area (Å²) < 4.78 is 27.2. The molecule has 0 aliphatic heterocycles. The average molecular weight is 551 g/mol. The number of rotatable bonds is 9. The van der Waals surface area contributed by atoms with Crippen LogP contribution in [0.25, 0.3) is 17.2 Å². The highest BCUT2D eigenvalue weighted by Gasteiger charge is 2.17. The first-order valence-electron chi connectivity index (χ1n) is 12.8. The summed E-state index contributed by atoms with van der Waals surface area (Å²) in [4.78, 5) is 24.0. The topological polar surface area (TPSA) is 92.3 Å². The summed E-state index contributed by atoms with van der Waals surface area (Å²) in [5.41, 5.74) is 6.73. The number of carbonyl (C=O) groups excluding carboxylic acids is 2. The van der Waals surface area contributed by atoms with Crippen molar-refractivity contribution in [1.82, 2.24) is 10.0 Å². The first-order chi connectivity index (χ1) is 19.3. The van der Waals surface area contributed by atoms with E-state index in [2.05, 4.69) is 36.5 Å². The molecule has 0 heterocycles. The molecule has 0 spiro atoms. The standard InChI is InChI=1S/C33H30N2O4S/c1-3-30(25-10-6-4-7-11-25)32(26-12-8-5-9-13-26)27-17-14-24(15-18-27)16-23-31(36)35-40(38,39)29-21-19-28(20-22-29)33(37)34-2/h4-23H,3H2,1-2H3,(H,34,37)(H,35,36)/b23-16+,32-30-. The van der Waals surface area contributed by atoms with Gasteiger partial charge >= 0.3 is 0 Å². The van der Waals surface area contributed by atoms with E-state index in [1.165, 1.54) is 43.0 Å². The molecule has 0 radical (unpaired) electrons. The summed E-state index contributed by atoms with van der Waals surface area (Å²) in [6.45, 7) is 2.14. The molecule has 4 aromatic carbocycles. The lowest BCUT2D eigenvalue weighted by molar-refractivity contribution is -0.114. The van der Waals surface area contributed by atoms with Crippen molar-refractivity contribution in [2.45, 2.75) is 18.2 Å². The summed E-state index contributed by atoms with van der Waals surface area (Å²) in [7, 11) is -2.60. The van der Waals surface area contributed by atoms with Crippen molar-refractivity contribution in [1.29, 1.82) is 0 Å². The summed E-state index contributed by atoms with van der Waals surface area (Å²) in [5.74, 6) is -1.11. The van der Waals surface area contributed by atoms with Crippen molar-refractivity contribution in [3.63, 3.8) is 0 Å². The molecule has 202 valence electrons. The molecule has 0 atom stereocenters. The smallest absolute Gasteiger partial charge is 0.264 e. The van der Waals surface area contributed by atoms with Crippen LogP contribution in [0.15, 0.2) is 120 Å². The zero-order chi connectivity index (χ0) is 28.5. The van der Waals surface area contributed by atoms with Crippen molar-refractivity contribution in [3.05, 3.63) is 143 Å². The monoisotopic (exact) mass is 550 g/mol. The van der Waals surface area contributed by atoms with E-state index < -0.39 is 15.9 Å². The minimum absolute atomic E-state index is 0.114. The SMILES string of the molecule is CC/C(=C(\c1ccccc1)c1ccc(/C=C/C(=O)NS(=O)(=O)c2ccc(C(=O)NC)cc2)cc1)c1ccccc1. The second kappa shape index (κ2) is 12.9. The summed E-state index contributed by atoms with van der Waals surface area (Å²) in [5, 5.41) is 2.47. The molecule has 4 aromatic rings. The maximum Gasteiger partial charge on any atom is 0.264 e. The summed E-state index contributed by atoms with van der Waals surface area (Å²) in [6.07, 6.45) is 3.59. The lowest BCUT2D eigenvalue weighted by atomic mass is 9.88. The Labute approximate surface area is 235 Å². The lowest BCUT2D eigenvalue weighted by Crippen LogP contribution is -2.29. The van der Waals surface area contributed by atoms with E-state index in [0.717, 1.165) is 34.2 Å². The lowest BCUT2D eigenvalue weighted by Gasteiger charge is -2.16. The quantitative estimate of drug-likeness (QED) is 0.199. The Morgan fingerprint density at radius 3 is 1.77 bits per heavy atom. The molecule has 0 saturated heterocycles. The molecule has 0 aromatic heterocycles. The van der Waals surface area contributed by atoms with Gasteiger partial charge in [0.05, 0.1) is 4.90 Å². The van der Waals surface area contributed by atoms with E-state index in [4.69, 9.17) is 0 Å². The van der Waals surface area contributed by atoms with E-state index in [1.807, 2.05) is 65.4 Å². The number of carbonyl (C=O) groups is 2. The molecule has 0 aliphatic carbocycles. The van der Waals surface area contributed by atoms with Crippen LogP contribution in [-0.2, 0) is 14.8 Å². The Morgan fingerprint density at radius 1 is 0.700 bits per heavy atom. The molecule has 0 aliphatic rings. The molecule has 7 heteroatoms. The van der Waals surface area contributed by atoms with Gasteiger partial charge in [-0.2, -0.15) is 0 Å². The van der Waals surface area contributed by atoms with Crippen LogP contribution in [0, 0.1) is 0 Å². The van der Waals surface area contributed by atoms with Crippen LogP contribution in [0.1, 0.15) is 46.0 Å². The largest absolute Gasteiger partial charge is 0.355 e. The molecular weight excluding hydrogens is 520 g/mol. The van der Waals surface area contributed by atoms with E-state index >= 15 is 0 Å². The fraction of sp³-hybridized carbons (Fsp3) is 0.0909. The van der Waals surface area contributed by atoms with Gasteiger partial charge in [0.1, 0.15) is 0 Å². The zero-order valence-corrected chi connectivity index (χ0v) is 23.1. The van der Waals surface area contributed by atoms with E-state index in [0.29, 0.717) is 5.56 Å². The van der Waals surface area contributed by atoms with Crippen LogP contribution in [0.5, 0.6) is 0 Å². The van der Waals surface area contributed by atoms with E-state index in [9.17, 15) is 18.0 Å². The van der Waals surface area contributed by atoms with Crippen molar-refractivity contribution in [2.75, 3.05) is 7.05 Å². The molecule has 0 unspecified atom stereocenters. The summed E-state index contributed by atoms with van der Waals surface area (Å²) in [6, 6.07) is 33.6. The maximum atomic E-state index is 12.6. The Bertz CT molecular complexity index is 1640. The van der Waals surface area contributed by atoms with Crippen molar-refractivity contribution in [2.24, 2.45) is 0 Å². The number of nitrogens with one attached hydrogen (secondary N) is 2. The van der Waals surface area contributed by atoms with Crippen LogP contribution >= 0.6 is 0 Å². The van der Waals surface area contributed by atoms with E-state index in [1.54, 1.807) is 6.08 Å². The van der Waals surface area contributed by atoms with Gasteiger partial charge in [0, 0.05) is 18.7 Å². The van der Waals surface area contributed by atoms with Gasteiger partial charge in [-0.05, 0) is 70.2 Å². The molecule has 6 nitrogen and oxygen atoms in total. The van der Waals surface area contributed by atoms with Crippen LogP contribution in [0.3, 0.4) is 0 Å². The minimum Gasteiger partial charge on any atom is -0.355 e. The molecule has 0 saturated carbocycles. The third kappa shape index (κ3) is 6.81. The number of hydrogen-bond acceptors (Lipinski definition) is 4. The van der Waals surface area contributed by atoms with Crippen molar-refractivity contribution < 1.29 is 18.0 Å². The highest BCUT2D eigenvalue weighted by atomic mass is 32.2. The van der Waals surface area contributed by atoms with Gasteiger partial charge in [0.15, 0.2) is 0 Å². The average Bonchev–Trinajstić information content (AvgIpc) is 2.99. The maximum absolute atomic E-state index is 12.6. The predicted molar refractivity (Wildman–Crippen MR) is 160 cm³/mol. The van der Waals surface area contributed by atoms with Crippen LogP contribution in [0.4, 0.5) is 0 Å². The number of amides is 2. The van der Waals surface area contributed by atoms with Gasteiger partial charge in [0.2, 0.25) is 0 Å². The van der Waals surface area contributed by atoms with Crippen molar-refractivity contribution in [3.8, 4) is 0 Å².